The molecule has 0 heterocycles. The standard InChI is InChI=1S/C11H19N/c1-10(2,3)11(9-12)7-5-4-6-8-11/h4-8H2,1-3H3. The van der Waals surface area contributed by atoms with E-state index in [4.69, 9.17) is 0 Å². The van der Waals surface area contributed by atoms with Gasteiger partial charge in [-0.1, -0.05) is 40.0 Å². The average Bonchev–Trinajstić information content (AvgIpc) is 2.04. The number of hydrogen-bond acceptors (Lipinski definition) is 1. The molecular weight excluding hydrogens is 146 g/mol. The summed E-state index contributed by atoms with van der Waals surface area (Å²) in [6.07, 6.45) is 6.01. The van der Waals surface area contributed by atoms with Gasteiger partial charge in [0.15, 0.2) is 0 Å². The first-order chi connectivity index (χ1) is 5.52. The molecule has 1 nitrogen and oxygen atoms in total. The molecule has 0 unspecified atom stereocenters. The van der Waals surface area contributed by atoms with E-state index in [-0.39, 0.29) is 10.8 Å². The van der Waals surface area contributed by atoms with E-state index in [9.17, 15) is 5.26 Å². The first-order valence-corrected chi connectivity index (χ1v) is 4.93. The zero-order valence-corrected chi connectivity index (χ0v) is 8.48. The van der Waals surface area contributed by atoms with Crippen molar-refractivity contribution in [3.63, 3.8) is 0 Å². The fourth-order valence-electron chi connectivity index (χ4n) is 2.18. The molecule has 1 aliphatic rings. The van der Waals surface area contributed by atoms with Crippen LogP contribution in [0.5, 0.6) is 0 Å². The lowest BCUT2D eigenvalue weighted by molar-refractivity contribution is 0.101. The van der Waals surface area contributed by atoms with Crippen molar-refractivity contribution in [1.82, 2.24) is 0 Å². The summed E-state index contributed by atoms with van der Waals surface area (Å²) in [5, 5.41) is 9.23. The highest BCUT2D eigenvalue weighted by atomic mass is 14.5. The lowest BCUT2D eigenvalue weighted by Gasteiger charge is -2.41. The number of nitrogens with zero attached hydrogens (tertiary/aromatic N) is 1. The summed E-state index contributed by atoms with van der Waals surface area (Å²) in [6.45, 7) is 6.59. The van der Waals surface area contributed by atoms with E-state index >= 15 is 0 Å². The number of rotatable bonds is 0. The smallest absolute Gasteiger partial charge is 0.0695 e. The van der Waals surface area contributed by atoms with Crippen LogP contribution in [-0.4, -0.2) is 0 Å². The van der Waals surface area contributed by atoms with E-state index < -0.39 is 0 Å². The normalized spacial score (nSPS) is 23.2. The number of nitriles is 1. The van der Waals surface area contributed by atoms with Crippen molar-refractivity contribution in [3.05, 3.63) is 0 Å². The first kappa shape index (κ1) is 9.58. The summed E-state index contributed by atoms with van der Waals surface area (Å²) in [7, 11) is 0. The van der Waals surface area contributed by atoms with Crippen molar-refractivity contribution in [2.45, 2.75) is 52.9 Å². The Balaban J connectivity index is 2.83. The first-order valence-electron chi connectivity index (χ1n) is 4.93. The van der Waals surface area contributed by atoms with Crippen LogP contribution in [0.4, 0.5) is 0 Å². The van der Waals surface area contributed by atoms with Gasteiger partial charge >= 0.3 is 0 Å². The van der Waals surface area contributed by atoms with Gasteiger partial charge in [-0.05, 0) is 18.3 Å². The van der Waals surface area contributed by atoms with Crippen LogP contribution >= 0.6 is 0 Å². The Morgan fingerprint density at radius 1 is 1.08 bits per heavy atom. The van der Waals surface area contributed by atoms with E-state index in [0.29, 0.717) is 0 Å². The van der Waals surface area contributed by atoms with Gasteiger partial charge in [0.25, 0.3) is 0 Å². The van der Waals surface area contributed by atoms with Gasteiger partial charge < -0.3 is 0 Å². The second kappa shape index (κ2) is 3.09. The lowest BCUT2D eigenvalue weighted by Crippen LogP contribution is -2.36. The molecule has 1 aliphatic carbocycles. The Bertz CT molecular complexity index is 186. The summed E-state index contributed by atoms with van der Waals surface area (Å²) in [4.78, 5) is 0. The van der Waals surface area contributed by atoms with Gasteiger partial charge in [-0.25, -0.2) is 0 Å². The third-order valence-electron chi connectivity index (χ3n) is 3.36. The molecule has 0 aliphatic heterocycles. The van der Waals surface area contributed by atoms with E-state index in [1.807, 2.05) is 0 Å². The van der Waals surface area contributed by atoms with Gasteiger partial charge in [0.1, 0.15) is 0 Å². The second-order valence-corrected chi connectivity index (χ2v) is 5.00. The van der Waals surface area contributed by atoms with Crippen LogP contribution < -0.4 is 0 Å². The Hall–Kier alpha value is -0.510. The predicted octanol–water partition coefficient (Wildman–Crippen LogP) is 3.51. The highest BCUT2D eigenvalue weighted by Gasteiger charge is 2.42. The molecule has 0 atom stereocenters. The third-order valence-corrected chi connectivity index (χ3v) is 3.36. The minimum atomic E-state index is -0.0365. The van der Waals surface area contributed by atoms with Crippen molar-refractivity contribution in [2.75, 3.05) is 0 Å². The summed E-state index contributed by atoms with van der Waals surface area (Å²) in [5.41, 5.74) is 0.118. The monoisotopic (exact) mass is 165 g/mol. The fraction of sp³-hybridized carbons (Fsp3) is 0.909. The predicted molar refractivity (Wildman–Crippen MR) is 50.6 cm³/mol. The molecule has 0 amide bonds. The maximum Gasteiger partial charge on any atom is 0.0695 e. The molecule has 0 aromatic rings. The molecule has 68 valence electrons. The minimum absolute atomic E-state index is 0.0365. The van der Waals surface area contributed by atoms with E-state index in [2.05, 4.69) is 26.8 Å². The summed E-state index contributed by atoms with van der Waals surface area (Å²) >= 11 is 0. The Labute approximate surface area is 75.8 Å². The molecule has 0 radical (unpaired) electrons. The molecule has 12 heavy (non-hydrogen) atoms. The van der Waals surface area contributed by atoms with Gasteiger partial charge in [0.05, 0.1) is 11.5 Å². The van der Waals surface area contributed by atoms with Gasteiger partial charge in [0.2, 0.25) is 0 Å². The molecule has 0 aromatic heterocycles. The molecule has 0 bridgehead atoms. The van der Waals surface area contributed by atoms with Crippen LogP contribution in [0.3, 0.4) is 0 Å². The minimum Gasteiger partial charge on any atom is -0.198 e. The Morgan fingerprint density at radius 3 is 1.83 bits per heavy atom. The fourth-order valence-corrected chi connectivity index (χ4v) is 2.18. The summed E-state index contributed by atoms with van der Waals surface area (Å²) < 4.78 is 0. The van der Waals surface area contributed by atoms with Crippen LogP contribution in [0.25, 0.3) is 0 Å². The molecule has 1 rings (SSSR count). The zero-order chi connectivity index (χ0) is 9.24. The zero-order valence-electron chi connectivity index (χ0n) is 8.48. The molecular formula is C11H19N. The van der Waals surface area contributed by atoms with Gasteiger partial charge in [0, 0.05) is 0 Å². The van der Waals surface area contributed by atoms with Crippen molar-refractivity contribution in [3.8, 4) is 6.07 Å². The van der Waals surface area contributed by atoms with Crippen LogP contribution in [0.1, 0.15) is 52.9 Å². The average molecular weight is 165 g/mol. The number of hydrogen-bond donors (Lipinski definition) is 0. The van der Waals surface area contributed by atoms with Crippen molar-refractivity contribution in [2.24, 2.45) is 10.8 Å². The van der Waals surface area contributed by atoms with Crippen LogP contribution in [0.15, 0.2) is 0 Å². The molecule has 0 spiro atoms. The topological polar surface area (TPSA) is 23.8 Å². The summed E-state index contributed by atoms with van der Waals surface area (Å²) in [6, 6.07) is 2.56. The SMILES string of the molecule is CC(C)(C)C1(C#N)CCCCC1. The van der Waals surface area contributed by atoms with Crippen LogP contribution in [-0.2, 0) is 0 Å². The summed E-state index contributed by atoms with van der Waals surface area (Å²) in [5.74, 6) is 0. The quantitative estimate of drug-likeness (QED) is 0.539. The van der Waals surface area contributed by atoms with Crippen molar-refractivity contribution >= 4 is 0 Å². The van der Waals surface area contributed by atoms with Crippen molar-refractivity contribution in [1.29, 1.82) is 5.26 Å². The second-order valence-electron chi connectivity index (χ2n) is 5.00. The maximum absolute atomic E-state index is 9.23. The van der Waals surface area contributed by atoms with E-state index in [0.717, 1.165) is 12.8 Å². The van der Waals surface area contributed by atoms with E-state index in [1.54, 1.807) is 0 Å². The largest absolute Gasteiger partial charge is 0.198 e. The lowest BCUT2D eigenvalue weighted by atomic mass is 9.60. The van der Waals surface area contributed by atoms with Crippen LogP contribution in [0, 0.1) is 22.2 Å². The highest BCUT2D eigenvalue weighted by Crippen LogP contribution is 2.48. The molecule has 0 saturated heterocycles. The van der Waals surface area contributed by atoms with Gasteiger partial charge in [-0.15, -0.1) is 0 Å². The maximum atomic E-state index is 9.23. The molecule has 0 N–H and O–H groups in total. The molecule has 0 aromatic carbocycles. The molecule has 1 heteroatoms. The van der Waals surface area contributed by atoms with Gasteiger partial charge in [-0.3, -0.25) is 0 Å². The third kappa shape index (κ3) is 1.48. The Kier molecular flexibility index (Phi) is 2.46. The van der Waals surface area contributed by atoms with E-state index in [1.165, 1.54) is 19.3 Å². The highest BCUT2D eigenvalue weighted by molar-refractivity contribution is 5.06. The van der Waals surface area contributed by atoms with Gasteiger partial charge in [-0.2, -0.15) is 5.26 Å². The Morgan fingerprint density at radius 2 is 1.58 bits per heavy atom. The molecule has 1 saturated carbocycles. The molecule has 1 fully saturated rings. The van der Waals surface area contributed by atoms with Crippen LogP contribution in [0.2, 0.25) is 0 Å². The van der Waals surface area contributed by atoms with Crippen molar-refractivity contribution < 1.29 is 0 Å².